The number of amides is 1. The van der Waals surface area contributed by atoms with Crippen molar-refractivity contribution in [3.05, 3.63) is 37.9 Å². The van der Waals surface area contributed by atoms with E-state index in [1.54, 1.807) is 22.7 Å². The van der Waals surface area contributed by atoms with Gasteiger partial charge in [0, 0.05) is 22.0 Å². The zero-order chi connectivity index (χ0) is 17.9. The number of carbonyl (C=O) groups is 1. The Kier molecular flexibility index (Phi) is 5.55. The van der Waals surface area contributed by atoms with Crippen molar-refractivity contribution in [3.63, 3.8) is 0 Å². The monoisotopic (exact) mass is 386 g/mol. The molecule has 2 heterocycles. The Morgan fingerprint density at radius 2 is 2.00 bits per heavy atom. The number of aliphatic imine (C=N–C) groups is 1. The summed E-state index contributed by atoms with van der Waals surface area (Å²) in [4.78, 5) is 20.4. The van der Waals surface area contributed by atoms with Crippen LogP contribution in [-0.2, 0) is 12.8 Å². The molecule has 5 heteroatoms. The summed E-state index contributed by atoms with van der Waals surface area (Å²) in [6.45, 7) is 2.11. The van der Waals surface area contributed by atoms with Crippen LogP contribution >= 0.6 is 22.7 Å². The Balaban J connectivity index is 1.63. The molecular weight excluding hydrogens is 360 g/mol. The minimum Gasteiger partial charge on any atom is -0.349 e. The molecule has 1 N–H and O–H groups in total. The second-order valence-corrected chi connectivity index (χ2v) is 9.46. The van der Waals surface area contributed by atoms with Gasteiger partial charge >= 0.3 is 0 Å². The summed E-state index contributed by atoms with van der Waals surface area (Å²) in [5, 5.41) is 6.30. The van der Waals surface area contributed by atoms with E-state index >= 15 is 0 Å². The lowest BCUT2D eigenvalue weighted by Gasteiger charge is -2.23. The van der Waals surface area contributed by atoms with E-state index in [4.69, 9.17) is 4.99 Å². The number of aryl methyl sites for hydroxylation is 2. The molecular formula is C21H26N2OS2. The summed E-state index contributed by atoms with van der Waals surface area (Å²) in [7, 11) is 0. The zero-order valence-electron chi connectivity index (χ0n) is 15.3. The van der Waals surface area contributed by atoms with Gasteiger partial charge in [0.05, 0.1) is 5.56 Å². The molecule has 0 spiro atoms. The molecule has 1 saturated carbocycles. The number of fused-ring (bicyclic) bond motifs is 1. The predicted octanol–water partition coefficient (Wildman–Crippen LogP) is 5.81. The number of hydrogen-bond acceptors (Lipinski definition) is 4. The van der Waals surface area contributed by atoms with E-state index in [1.165, 1.54) is 53.0 Å². The third kappa shape index (κ3) is 3.79. The topological polar surface area (TPSA) is 41.5 Å². The Bertz CT molecular complexity index is 812. The molecule has 2 aliphatic rings. The highest BCUT2D eigenvalue weighted by Gasteiger charge is 2.27. The second kappa shape index (κ2) is 8.05. The molecule has 138 valence electrons. The van der Waals surface area contributed by atoms with Gasteiger partial charge in [0.15, 0.2) is 0 Å². The van der Waals surface area contributed by atoms with Gasteiger partial charge in [-0.05, 0) is 68.0 Å². The quantitative estimate of drug-likeness (QED) is 0.662. The maximum atomic E-state index is 13.1. The SMILES string of the molecule is Cc1ccsc1/C=N/c1sc2c(c1C(=O)NC1CCCCC1)CCCC2. The third-order valence-electron chi connectivity index (χ3n) is 5.52. The summed E-state index contributed by atoms with van der Waals surface area (Å²) >= 11 is 3.43. The summed E-state index contributed by atoms with van der Waals surface area (Å²) in [6.07, 6.45) is 12.5. The fourth-order valence-electron chi connectivity index (χ4n) is 4.02. The minimum atomic E-state index is 0.103. The van der Waals surface area contributed by atoms with E-state index in [-0.39, 0.29) is 5.91 Å². The van der Waals surface area contributed by atoms with Crippen LogP contribution in [0, 0.1) is 6.92 Å². The lowest BCUT2D eigenvalue weighted by Crippen LogP contribution is -2.36. The second-order valence-electron chi connectivity index (χ2n) is 7.43. The first-order chi connectivity index (χ1) is 12.7. The fraction of sp³-hybridized carbons (Fsp3) is 0.524. The third-order valence-corrected chi connectivity index (χ3v) is 7.67. The predicted molar refractivity (Wildman–Crippen MR) is 112 cm³/mol. The maximum absolute atomic E-state index is 13.1. The van der Waals surface area contributed by atoms with Crippen LogP contribution in [0.1, 0.15) is 76.2 Å². The van der Waals surface area contributed by atoms with Gasteiger partial charge < -0.3 is 5.32 Å². The lowest BCUT2D eigenvalue weighted by atomic mass is 9.93. The average Bonchev–Trinajstić information content (AvgIpc) is 3.23. The normalized spacial score (nSPS) is 18.2. The fourth-order valence-corrected chi connectivity index (χ4v) is 6.03. The molecule has 2 aliphatic carbocycles. The van der Waals surface area contributed by atoms with Gasteiger partial charge in [-0.15, -0.1) is 22.7 Å². The van der Waals surface area contributed by atoms with E-state index in [9.17, 15) is 4.79 Å². The lowest BCUT2D eigenvalue weighted by molar-refractivity contribution is 0.0927. The van der Waals surface area contributed by atoms with Crippen LogP contribution in [0.25, 0.3) is 0 Å². The zero-order valence-corrected chi connectivity index (χ0v) is 17.0. The van der Waals surface area contributed by atoms with Gasteiger partial charge in [-0.2, -0.15) is 0 Å². The molecule has 4 rings (SSSR count). The maximum Gasteiger partial charge on any atom is 0.254 e. The number of carbonyl (C=O) groups excluding carboxylic acids is 1. The standard InChI is InChI=1S/C21H26N2OS2/c1-14-11-12-25-18(14)13-22-21-19(16-9-5-6-10-17(16)26-21)20(24)23-15-7-3-2-4-8-15/h11-13,15H,2-10H2,1H3,(H,23,24)/b22-13+. The van der Waals surface area contributed by atoms with Crippen LogP contribution in [0.3, 0.4) is 0 Å². The van der Waals surface area contributed by atoms with Crippen molar-refractivity contribution in [3.8, 4) is 0 Å². The van der Waals surface area contributed by atoms with Crippen LogP contribution < -0.4 is 5.32 Å². The number of thiophene rings is 2. The molecule has 2 aromatic rings. The largest absolute Gasteiger partial charge is 0.349 e. The highest BCUT2D eigenvalue weighted by atomic mass is 32.1. The van der Waals surface area contributed by atoms with Crippen molar-refractivity contribution in [2.75, 3.05) is 0 Å². The van der Waals surface area contributed by atoms with E-state index in [0.717, 1.165) is 36.2 Å². The van der Waals surface area contributed by atoms with Crippen LogP contribution in [0.5, 0.6) is 0 Å². The van der Waals surface area contributed by atoms with Gasteiger partial charge in [-0.25, -0.2) is 4.99 Å². The summed E-state index contributed by atoms with van der Waals surface area (Å²) in [5.41, 5.74) is 3.37. The van der Waals surface area contributed by atoms with Crippen molar-refractivity contribution >= 4 is 39.8 Å². The van der Waals surface area contributed by atoms with Crippen LogP contribution in [0.4, 0.5) is 5.00 Å². The van der Waals surface area contributed by atoms with E-state index < -0.39 is 0 Å². The van der Waals surface area contributed by atoms with Crippen molar-refractivity contribution in [1.82, 2.24) is 5.32 Å². The van der Waals surface area contributed by atoms with Crippen LogP contribution in [0.15, 0.2) is 16.4 Å². The van der Waals surface area contributed by atoms with Gasteiger partial charge in [0.2, 0.25) is 0 Å². The molecule has 0 aliphatic heterocycles. The summed E-state index contributed by atoms with van der Waals surface area (Å²) in [6, 6.07) is 2.45. The minimum absolute atomic E-state index is 0.103. The first-order valence-corrected chi connectivity index (χ1v) is 11.5. The van der Waals surface area contributed by atoms with Crippen LogP contribution in [-0.4, -0.2) is 18.2 Å². The molecule has 3 nitrogen and oxygen atoms in total. The number of nitrogens with one attached hydrogen (secondary N) is 1. The van der Waals surface area contributed by atoms with Crippen molar-refractivity contribution in [1.29, 1.82) is 0 Å². The first kappa shape index (κ1) is 17.9. The highest BCUT2D eigenvalue weighted by Crippen LogP contribution is 2.40. The highest BCUT2D eigenvalue weighted by molar-refractivity contribution is 7.16. The molecule has 1 amide bonds. The number of nitrogens with zero attached hydrogens (tertiary/aromatic N) is 1. The smallest absolute Gasteiger partial charge is 0.254 e. The number of hydrogen-bond donors (Lipinski definition) is 1. The summed E-state index contributed by atoms with van der Waals surface area (Å²) < 4.78 is 0. The molecule has 0 radical (unpaired) electrons. The Morgan fingerprint density at radius 1 is 1.19 bits per heavy atom. The Labute approximate surface area is 163 Å². The van der Waals surface area contributed by atoms with Gasteiger partial charge in [-0.1, -0.05) is 19.3 Å². The van der Waals surface area contributed by atoms with Gasteiger partial charge in [0.25, 0.3) is 5.91 Å². The van der Waals surface area contributed by atoms with E-state index in [2.05, 4.69) is 23.7 Å². The van der Waals surface area contributed by atoms with Crippen molar-refractivity contribution < 1.29 is 4.79 Å². The van der Waals surface area contributed by atoms with Crippen LogP contribution in [0.2, 0.25) is 0 Å². The molecule has 0 aromatic carbocycles. The molecule has 0 bridgehead atoms. The Morgan fingerprint density at radius 3 is 2.77 bits per heavy atom. The molecule has 0 saturated heterocycles. The molecule has 0 atom stereocenters. The molecule has 26 heavy (non-hydrogen) atoms. The van der Waals surface area contributed by atoms with E-state index in [0.29, 0.717) is 6.04 Å². The Hall–Kier alpha value is -1.46. The van der Waals surface area contributed by atoms with E-state index in [1.807, 2.05) is 6.21 Å². The molecule has 1 fully saturated rings. The average molecular weight is 387 g/mol. The van der Waals surface area contributed by atoms with Gasteiger partial charge in [-0.3, -0.25) is 4.79 Å². The van der Waals surface area contributed by atoms with Gasteiger partial charge in [0.1, 0.15) is 5.00 Å². The number of rotatable bonds is 4. The first-order valence-electron chi connectivity index (χ1n) is 9.76. The van der Waals surface area contributed by atoms with Crippen molar-refractivity contribution in [2.45, 2.75) is 70.8 Å². The summed E-state index contributed by atoms with van der Waals surface area (Å²) in [5.74, 6) is 0.103. The molecule has 0 unspecified atom stereocenters. The van der Waals surface area contributed by atoms with Crippen molar-refractivity contribution in [2.24, 2.45) is 4.99 Å². The molecule has 2 aromatic heterocycles.